The molecule has 0 amide bonds. The Labute approximate surface area is 413 Å². The zero-order valence-corrected chi connectivity index (χ0v) is 39.3. The Kier molecular flexibility index (Phi) is 10.7. The molecule has 0 radical (unpaired) electrons. The van der Waals surface area contributed by atoms with E-state index in [-0.39, 0.29) is 5.56 Å². The van der Waals surface area contributed by atoms with Crippen LogP contribution >= 0.6 is 11.3 Å². The highest BCUT2D eigenvalue weighted by molar-refractivity contribution is 7.25. The Morgan fingerprint density at radius 2 is 0.931 bits per heavy atom. The molecule has 0 atom stereocenters. The maximum Gasteiger partial charge on any atom is 0.417 e. The summed E-state index contributed by atoms with van der Waals surface area (Å²) in [5.74, 6) is 1.31. The van der Waals surface area contributed by atoms with E-state index in [1.807, 2.05) is 103 Å². The van der Waals surface area contributed by atoms with Crippen molar-refractivity contribution in [2.75, 3.05) is 0 Å². The van der Waals surface area contributed by atoms with Crippen LogP contribution in [-0.4, -0.2) is 19.5 Å². The lowest BCUT2D eigenvalue weighted by molar-refractivity contribution is -0.138. The number of thiophene rings is 1. The molecule has 9 aromatic carbocycles. The molecule has 0 saturated heterocycles. The molecule has 0 unspecified atom stereocenters. The van der Waals surface area contributed by atoms with Crippen molar-refractivity contribution < 1.29 is 26.3 Å². The summed E-state index contributed by atoms with van der Waals surface area (Å²) in [5, 5.41) is 3.62. The summed E-state index contributed by atoms with van der Waals surface area (Å²) >= 11 is 1.74. The van der Waals surface area contributed by atoms with E-state index < -0.39 is 23.5 Å². The number of benzene rings is 9. The molecule has 0 spiro atoms. The first-order chi connectivity index (χ1) is 34.7. The zero-order chi connectivity index (χ0) is 49.5. The number of rotatable bonds is 7. The van der Waals surface area contributed by atoms with Crippen molar-refractivity contribution in [3.63, 3.8) is 0 Å². The summed E-state index contributed by atoms with van der Waals surface area (Å²) < 4.78 is 90.3. The van der Waals surface area contributed by atoms with E-state index in [0.717, 1.165) is 55.9 Å². The Balaban J connectivity index is 1.15. The van der Waals surface area contributed by atoms with Gasteiger partial charge in [0, 0.05) is 47.6 Å². The molecule has 0 saturated carbocycles. The Bertz CT molecular complexity index is 4040. The normalized spacial score (nSPS) is 12.2. The second-order valence-electron chi connectivity index (χ2n) is 18.0. The predicted octanol–water partition coefficient (Wildman–Crippen LogP) is 18.0. The second kappa shape index (κ2) is 17.2. The van der Waals surface area contributed by atoms with Crippen molar-refractivity contribution in [3.05, 3.63) is 216 Å². The van der Waals surface area contributed by atoms with Crippen molar-refractivity contribution >= 4 is 53.3 Å². The SMILES string of the molecule is Cc1ccc(-c2ccc3c(c2)c2cc(-c4ccc(C(F)(F)F)cc4C)ccc2n3-c2ccc(-c3ccc4sc5ccccc5c4c3)cc2-c2nc(-c3ccccc3)nc(-c3ccccc3)n2)c(C(F)(F)F)c1. The van der Waals surface area contributed by atoms with Crippen LogP contribution in [0.15, 0.2) is 194 Å². The molecule has 4 nitrogen and oxygen atoms in total. The van der Waals surface area contributed by atoms with E-state index in [9.17, 15) is 26.3 Å². The maximum absolute atomic E-state index is 14.8. The highest BCUT2D eigenvalue weighted by atomic mass is 32.1. The molecular formula is C61H38F6N4S. The monoisotopic (exact) mass is 972 g/mol. The average molecular weight is 973 g/mol. The minimum Gasteiger partial charge on any atom is -0.308 e. The van der Waals surface area contributed by atoms with Crippen molar-refractivity contribution in [1.29, 1.82) is 0 Å². The van der Waals surface area contributed by atoms with Crippen molar-refractivity contribution in [2.45, 2.75) is 26.2 Å². The van der Waals surface area contributed by atoms with Gasteiger partial charge in [-0.05, 0) is 126 Å². The average Bonchev–Trinajstić information content (AvgIpc) is 3.93. The van der Waals surface area contributed by atoms with Gasteiger partial charge >= 0.3 is 12.4 Å². The van der Waals surface area contributed by atoms with Gasteiger partial charge in [-0.2, -0.15) is 26.3 Å². The molecule has 350 valence electrons. The van der Waals surface area contributed by atoms with Crippen LogP contribution in [0.5, 0.6) is 0 Å². The topological polar surface area (TPSA) is 43.6 Å². The highest BCUT2D eigenvalue weighted by Gasteiger charge is 2.34. The molecule has 0 N–H and O–H groups in total. The maximum atomic E-state index is 14.8. The van der Waals surface area contributed by atoms with Gasteiger partial charge in [-0.25, -0.2) is 15.0 Å². The van der Waals surface area contributed by atoms with Gasteiger partial charge in [0.25, 0.3) is 0 Å². The van der Waals surface area contributed by atoms with Gasteiger partial charge in [0.05, 0.1) is 27.8 Å². The van der Waals surface area contributed by atoms with Crippen LogP contribution in [0, 0.1) is 13.8 Å². The summed E-state index contributed by atoms with van der Waals surface area (Å²) in [4.78, 5) is 15.4. The minimum absolute atomic E-state index is 0.0260. The number of halogens is 6. The summed E-state index contributed by atoms with van der Waals surface area (Å²) in [5.41, 5.74) is 7.18. The first-order valence-electron chi connectivity index (χ1n) is 23.1. The molecule has 11 heteroatoms. The minimum atomic E-state index is -4.63. The Morgan fingerprint density at radius 3 is 1.57 bits per heavy atom. The van der Waals surface area contributed by atoms with Gasteiger partial charge in [-0.3, -0.25) is 0 Å². The Morgan fingerprint density at radius 1 is 0.389 bits per heavy atom. The van der Waals surface area contributed by atoms with E-state index in [0.29, 0.717) is 78.3 Å². The molecular weight excluding hydrogens is 935 g/mol. The fourth-order valence-electron chi connectivity index (χ4n) is 9.85. The van der Waals surface area contributed by atoms with Gasteiger partial charge in [0.15, 0.2) is 17.5 Å². The van der Waals surface area contributed by atoms with Gasteiger partial charge in [0.1, 0.15) is 0 Å². The molecule has 0 aliphatic carbocycles. The summed E-state index contributed by atoms with van der Waals surface area (Å²) in [6.07, 6.45) is -9.15. The van der Waals surface area contributed by atoms with Crippen molar-refractivity contribution in [3.8, 4) is 73.2 Å². The van der Waals surface area contributed by atoms with E-state index in [4.69, 9.17) is 15.0 Å². The number of hydrogen-bond donors (Lipinski definition) is 0. The van der Waals surface area contributed by atoms with Crippen LogP contribution in [0.4, 0.5) is 26.3 Å². The summed E-state index contributed by atoms with van der Waals surface area (Å²) in [6, 6.07) is 59.3. The van der Waals surface area contributed by atoms with Gasteiger partial charge in [0.2, 0.25) is 0 Å². The van der Waals surface area contributed by atoms with E-state index in [1.54, 1.807) is 43.4 Å². The molecule has 0 aliphatic rings. The number of nitrogens with zero attached hydrogens (tertiary/aromatic N) is 4. The molecule has 0 fully saturated rings. The molecule has 0 aliphatic heterocycles. The molecule has 12 rings (SSSR count). The first-order valence-corrected chi connectivity index (χ1v) is 23.9. The summed E-state index contributed by atoms with van der Waals surface area (Å²) in [7, 11) is 0. The van der Waals surface area contributed by atoms with E-state index in [2.05, 4.69) is 47.0 Å². The van der Waals surface area contributed by atoms with Crippen LogP contribution in [0.1, 0.15) is 22.3 Å². The molecule has 3 aromatic heterocycles. The fourth-order valence-corrected chi connectivity index (χ4v) is 10.9. The molecule has 3 heterocycles. The lowest BCUT2D eigenvalue weighted by atomic mass is 9.95. The first kappa shape index (κ1) is 44.8. The number of fused-ring (bicyclic) bond motifs is 6. The largest absolute Gasteiger partial charge is 0.417 e. The predicted molar refractivity (Wildman–Crippen MR) is 279 cm³/mol. The van der Waals surface area contributed by atoms with Crippen molar-refractivity contribution in [1.82, 2.24) is 19.5 Å². The third kappa shape index (κ3) is 7.96. The standard InChI is InChI=1S/C61H38F6N4S/c1-35-17-23-45(51(29-35)61(65,66)67)42-20-27-53-48(34-42)47-33-41(44-24-22-43(30-36(44)2)60(62,63)64)19-26-52(47)71(53)54-25-18-39(40-21-28-56-49(31-40)46-15-9-10-16-55(46)72-56)32-50(54)59-69-57(37-11-5-3-6-12-37)68-58(70-59)38-13-7-4-8-14-38/h3-34H,1-2H3. The van der Waals surface area contributed by atoms with E-state index in [1.165, 1.54) is 16.8 Å². The lowest BCUT2D eigenvalue weighted by Crippen LogP contribution is -2.07. The number of alkyl halides is 6. The van der Waals surface area contributed by atoms with Gasteiger partial charge in [-0.1, -0.05) is 127 Å². The molecule has 72 heavy (non-hydrogen) atoms. The van der Waals surface area contributed by atoms with Gasteiger partial charge < -0.3 is 4.57 Å². The molecule has 12 aromatic rings. The van der Waals surface area contributed by atoms with Crippen LogP contribution in [0.2, 0.25) is 0 Å². The van der Waals surface area contributed by atoms with Crippen LogP contribution in [0.25, 0.3) is 115 Å². The van der Waals surface area contributed by atoms with E-state index >= 15 is 0 Å². The van der Waals surface area contributed by atoms with Crippen molar-refractivity contribution in [2.24, 2.45) is 0 Å². The third-order valence-electron chi connectivity index (χ3n) is 13.3. The third-order valence-corrected chi connectivity index (χ3v) is 14.5. The molecule has 0 bridgehead atoms. The summed E-state index contributed by atoms with van der Waals surface area (Å²) in [6.45, 7) is 3.27. The smallest absolute Gasteiger partial charge is 0.308 e. The lowest BCUT2D eigenvalue weighted by Gasteiger charge is -2.17. The quantitative estimate of drug-likeness (QED) is 0.150. The fraction of sp³-hybridized carbons (Fsp3) is 0.0656. The zero-order valence-electron chi connectivity index (χ0n) is 38.4. The van der Waals surface area contributed by atoms with Gasteiger partial charge in [-0.15, -0.1) is 11.3 Å². The van der Waals surface area contributed by atoms with Crippen LogP contribution in [-0.2, 0) is 12.4 Å². The Hall–Kier alpha value is -8.41. The van der Waals surface area contributed by atoms with Crippen LogP contribution in [0.3, 0.4) is 0 Å². The highest BCUT2D eigenvalue weighted by Crippen LogP contribution is 2.45. The van der Waals surface area contributed by atoms with Crippen LogP contribution < -0.4 is 0 Å². The number of hydrogen-bond acceptors (Lipinski definition) is 4. The number of aryl methyl sites for hydroxylation is 2. The second-order valence-corrected chi connectivity index (χ2v) is 19.0. The number of aromatic nitrogens is 4.